The third-order valence-electron chi connectivity index (χ3n) is 2.50. The van der Waals surface area contributed by atoms with Gasteiger partial charge in [0.05, 0.1) is 15.5 Å². The van der Waals surface area contributed by atoms with Crippen LogP contribution in [0.25, 0.3) is 10.2 Å². The number of aromatic nitrogens is 1. The number of rotatable bonds is 3. The maximum atomic E-state index is 5.78. The van der Waals surface area contributed by atoms with Gasteiger partial charge in [-0.05, 0) is 24.3 Å². The van der Waals surface area contributed by atoms with Crippen LogP contribution in [0.4, 0.5) is 0 Å². The highest BCUT2D eigenvalue weighted by atomic mass is 79.9. The molecule has 0 aliphatic heterocycles. The monoisotopic (exact) mass is 319 g/mol. The molecule has 0 spiro atoms. The SMILES string of the molecule is BrCc1nc2cc(Oc3ccccc3)ccc2s1. The van der Waals surface area contributed by atoms with Crippen molar-refractivity contribution in [2.45, 2.75) is 5.33 Å². The van der Waals surface area contributed by atoms with E-state index in [4.69, 9.17) is 4.74 Å². The molecule has 2 aromatic carbocycles. The predicted molar refractivity (Wildman–Crippen MR) is 78.8 cm³/mol. The first kappa shape index (κ1) is 11.7. The largest absolute Gasteiger partial charge is 0.457 e. The van der Waals surface area contributed by atoms with Crippen LogP contribution >= 0.6 is 27.3 Å². The lowest BCUT2D eigenvalue weighted by molar-refractivity contribution is 0.483. The molecule has 4 heteroatoms. The zero-order valence-electron chi connectivity index (χ0n) is 9.47. The van der Waals surface area contributed by atoms with Crippen molar-refractivity contribution >= 4 is 37.5 Å². The minimum absolute atomic E-state index is 0.793. The Balaban J connectivity index is 1.93. The minimum Gasteiger partial charge on any atom is -0.457 e. The predicted octanol–water partition coefficient (Wildman–Crippen LogP) is 4.98. The average molecular weight is 320 g/mol. The van der Waals surface area contributed by atoms with Gasteiger partial charge in [0.2, 0.25) is 0 Å². The van der Waals surface area contributed by atoms with Gasteiger partial charge in [0.15, 0.2) is 0 Å². The molecule has 90 valence electrons. The van der Waals surface area contributed by atoms with Crippen molar-refractivity contribution in [1.29, 1.82) is 0 Å². The highest BCUT2D eigenvalue weighted by molar-refractivity contribution is 9.08. The number of alkyl halides is 1. The Kier molecular flexibility index (Phi) is 3.30. The maximum absolute atomic E-state index is 5.78. The molecule has 0 aliphatic rings. The van der Waals surface area contributed by atoms with Gasteiger partial charge in [-0.1, -0.05) is 34.1 Å². The van der Waals surface area contributed by atoms with E-state index in [1.165, 1.54) is 4.70 Å². The molecule has 0 aliphatic carbocycles. The van der Waals surface area contributed by atoms with Crippen molar-refractivity contribution in [3.8, 4) is 11.5 Å². The molecule has 1 heterocycles. The van der Waals surface area contributed by atoms with Crippen LogP contribution in [0.3, 0.4) is 0 Å². The summed E-state index contributed by atoms with van der Waals surface area (Å²) in [5.74, 6) is 1.66. The Morgan fingerprint density at radius 3 is 2.67 bits per heavy atom. The number of ether oxygens (including phenoxy) is 1. The van der Waals surface area contributed by atoms with Gasteiger partial charge in [0, 0.05) is 6.07 Å². The van der Waals surface area contributed by atoms with E-state index in [1.54, 1.807) is 11.3 Å². The van der Waals surface area contributed by atoms with Gasteiger partial charge in [0.1, 0.15) is 16.5 Å². The van der Waals surface area contributed by atoms with Crippen LogP contribution < -0.4 is 4.74 Å². The molecule has 0 radical (unpaired) electrons. The Labute approximate surface area is 117 Å². The Bertz CT molecular complexity index is 666. The number of fused-ring (bicyclic) bond motifs is 1. The molecule has 1 aromatic heterocycles. The molecule has 2 nitrogen and oxygen atoms in total. The molecule has 3 rings (SSSR count). The summed E-state index contributed by atoms with van der Waals surface area (Å²) in [5.41, 5.74) is 0.989. The summed E-state index contributed by atoms with van der Waals surface area (Å²) >= 11 is 5.12. The Morgan fingerprint density at radius 2 is 1.89 bits per heavy atom. The third-order valence-corrected chi connectivity index (χ3v) is 4.44. The molecule has 0 saturated carbocycles. The molecule has 0 N–H and O–H groups in total. The molecule has 3 aromatic rings. The zero-order valence-corrected chi connectivity index (χ0v) is 11.9. The van der Waals surface area contributed by atoms with Gasteiger partial charge in [-0.15, -0.1) is 11.3 Å². The zero-order chi connectivity index (χ0) is 12.4. The van der Waals surface area contributed by atoms with E-state index in [0.29, 0.717) is 0 Å². The molecule has 0 atom stereocenters. The highest BCUT2D eigenvalue weighted by Crippen LogP contribution is 2.29. The summed E-state index contributed by atoms with van der Waals surface area (Å²) in [6.07, 6.45) is 0. The van der Waals surface area contributed by atoms with E-state index in [0.717, 1.165) is 27.4 Å². The number of nitrogens with zero attached hydrogens (tertiary/aromatic N) is 1. The summed E-state index contributed by atoms with van der Waals surface area (Å²) in [5, 5.41) is 1.88. The standard InChI is InChI=1S/C14H10BrNOS/c15-9-14-16-12-8-11(6-7-13(12)18-14)17-10-4-2-1-3-5-10/h1-8H,9H2. The van der Waals surface area contributed by atoms with Crippen molar-refractivity contribution in [3.05, 3.63) is 53.5 Å². The topological polar surface area (TPSA) is 22.1 Å². The van der Waals surface area contributed by atoms with E-state index < -0.39 is 0 Å². The molecule has 0 saturated heterocycles. The van der Waals surface area contributed by atoms with E-state index in [-0.39, 0.29) is 0 Å². The Morgan fingerprint density at radius 1 is 1.06 bits per heavy atom. The normalized spacial score (nSPS) is 10.7. The van der Waals surface area contributed by atoms with Crippen LogP contribution in [0.1, 0.15) is 5.01 Å². The summed E-state index contributed by atoms with van der Waals surface area (Å²) in [4.78, 5) is 4.53. The second kappa shape index (κ2) is 5.08. The van der Waals surface area contributed by atoms with E-state index in [9.17, 15) is 0 Å². The molecule has 0 fully saturated rings. The first-order valence-electron chi connectivity index (χ1n) is 5.53. The van der Waals surface area contributed by atoms with Crippen molar-refractivity contribution in [3.63, 3.8) is 0 Å². The summed E-state index contributed by atoms with van der Waals surface area (Å²) in [6.45, 7) is 0. The molecule has 18 heavy (non-hydrogen) atoms. The van der Waals surface area contributed by atoms with Crippen LogP contribution in [0.2, 0.25) is 0 Å². The number of halogens is 1. The van der Waals surface area contributed by atoms with E-state index in [1.807, 2.05) is 42.5 Å². The molecular formula is C14H10BrNOS. The lowest BCUT2D eigenvalue weighted by Gasteiger charge is -2.04. The second-order valence-corrected chi connectivity index (χ2v) is 5.46. The van der Waals surface area contributed by atoms with Gasteiger partial charge in [-0.25, -0.2) is 4.98 Å². The van der Waals surface area contributed by atoms with Gasteiger partial charge >= 0.3 is 0 Å². The lowest BCUT2D eigenvalue weighted by atomic mass is 10.3. The number of hydrogen-bond donors (Lipinski definition) is 0. The molecule has 0 unspecified atom stereocenters. The van der Waals surface area contributed by atoms with Gasteiger partial charge < -0.3 is 4.74 Å². The van der Waals surface area contributed by atoms with Crippen LogP contribution in [-0.4, -0.2) is 4.98 Å². The fraction of sp³-hybridized carbons (Fsp3) is 0.0714. The lowest BCUT2D eigenvalue weighted by Crippen LogP contribution is -1.83. The van der Waals surface area contributed by atoms with Crippen LogP contribution in [-0.2, 0) is 5.33 Å². The van der Waals surface area contributed by atoms with Gasteiger partial charge in [-0.3, -0.25) is 0 Å². The van der Waals surface area contributed by atoms with Gasteiger partial charge in [0.25, 0.3) is 0 Å². The van der Waals surface area contributed by atoms with Gasteiger partial charge in [-0.2, -0.15) is 0 Å². The highest BCUT2D eigenvalue weighted by Gasteiger charge is 2.04. The van der Waals surface area contributed by atoms with E-state index in [2.05, 4.69) is 27.0 Å². The van der Waals surface area contributed by atoms with Crippen LogP contribution in [0, 0.1) is 0 Å². The third kappa shape index (κ3) is 2.40. The van der Waals surface area contributed by atoms with Crippen LogP contribution in [0.5, 0.6) is 11.5 Å². The van der Waals surface area contributed by atoms with Crippen molar-refractivity contribution in [2.75, 3.05) is 0 Å². The van der Waals surface area contributed by atoms with Crippen molar-refractivity contribution < 1.29 is 4.74 Å². The second-order valence-electron chi connectivity index (χ2n) is 3.79. The van der Waals surface area contributed by atoms with E-state index >= 15 is 0 Å². The Hall–Kier alpha value is -1.39. The fourth-order valence-electron chi connectivity index (χ4n) is 1.70. The van der Waals surface area contributed by atoms with Crippen molar-refractivity contribution in [2.24, 2.45) is 0 Å². The minimum atomic E-state index is 0.793. The summed E-state index contributed by atoms with van der Waals surface area (Å²) < 4.78 is 6.97. The first-order chi connectivity index (χ1) is 8.85. The van der Waals surface area contributed by atoms with Crippen molar-refractivity contribution in [1.82, 2.24) is 4.98 Å². The molecular weight excluding hydrogens is 310 g/mol. The number of para-hydroxylation sites is 1. The first-order valence-corrected chi connectivity index (χ1v) is 7.47. The smallest absolute Gasteiger partial charge is 0.129 e. The number of hydrogen-bond acceptors (Lipinski definition) is 3. The molecule has 0 bridgehead atoms. The summed E-state index contributed by atoms with van der Waals surface area (Å²) in [6, 6.07) is 15.8. The summed E-state index contributed by atoms with van der Waals surface area (Å²) in [7, 11) is 0. The number of thiazole rings is 1. The molecule has 0 amide bonds. The van der Waals surface area contributed by atoms with Crippen LogP contribution in [0.15, 0.2) is 48.5 Å². The number of benzene rings is 2. The average Bonchev–Trinajstić information content (AvgIpc) is 2.82. The quantitative estimate of drug-likeness (QED) is 0.635. The maximum Gasteiger partial charge on any atom is 0.129 e. The fourth-order valence-corrected chi connectivity index (χ4v) is 2.97.